The summed E-state index contributed by atoms with van der Waals surface area (Å²) in [6.45, 7) is 0. The summed E-state index contributed by atoms with van der Waals surface area (Å²) in [6.07, 6.45) is 3.23. The predicted molar refractivity (Wildman–Crippen MR) is 103 cm³/mol. The molecule has 8 heteroatoms. The van der Waals surface area contributed by atoms with Gasteiger partial charge in [-0.2, -0.15) is 0 Å². The maximum Gasteiger partial charge on any atom is 0.265 e. The smallest absolute Gasteiger partial charge is 0.265 e. The summed E-state index contributed by atoms with van der Waals surface area (Å²) in [7, 11) is -0.477. The Morgan fingerprint density at radius 3 is 2.50 bits per heavy atom. The SMILES string of the molecule is CN(C)[S+](=O)([O-])c1ccc(-c2cncc(NC(=O)c3cccs3)c2)cc1. The van der Waals surface area contributed by atoms with Gasteiger partial charge in [0, 0.05) is 25.9 Å². The molecule has 2 aromatic heterocycles. The number of nitrogens with one attached hydrogen (secondary N) is 1. The van der Waals surface area contributed by atoms with Crippen LogP contribution in [-0.4, -0.2) is 33.8 Å². The number of carbonyl (C=O) groups is 1. The molecule has 0 aliphatic carbocycles. The zero-order valence-electron chi connectivity index (χ0n) is 14.2. The first-order valence-electron chi connectivity index (χ1n) is 7.71. The van der Waals surface area contributed by atoms with Crippen LogP contribution in [0, 0.1) is 0 Å². The Hall–Kier alpha value is -2.39. The molecule has 1 unspecified atom stereocenters. The molecule has 1 amide bonds. The molecule has 0 aliphatic heterocycles. The summed E-state index contributed by atoms with van der Waals surface area (Å²) in [5.41, 5.74) is 2.16. The fourth-order valence-corrected chi connectivity index (χ4v) is 3.82. The Kier molecular flexibility index (Phi) is 5.28. The van der Waals surface area contributed by atoms with E-state index in [1.807, 2.05) is 11.4 Å². The van der Waals surface area contributed by atoms with E-state index in [-0.39, 0.29) is 10.8 Å². The number of benzene rings is 1. The minimum Gasteiger partial charge on any atom is -0.593 e. The van der Waals surface area contributed by atoms with Crippen LogP contribution in [-0.2, 0) is 14.6 Å². The van der Waals surface area contributed by atoms with Crippen LogP contribution in [0.15, 0.2) is 65.1 Å². The van der Waals surface area contributed by atoms with E-state index in [9.17, 15) is 13.6 Å². The first kappa shape index (κ1) is 18.4. The number of nitrogens with zero attached hydrogens (tertiary/aromatic N) is 2. The molecule has 3 aromatic rings. The van der Waals surface area contributed by atoms with Crippen molar-refractivity contribution in [3.8, 4) is 11.1 Å². The third-order valence-corrected chi connectivity index (χ3v) is 6.41. The van der Waals surface area contributed by atoms with Gasteiger partial charge in [0.25, 0.3) is 5.91 Å². The van der Waals surface area contributed by atoms with E-state index in [0.29, 0.717) is 10.6 Å². The van der Waals surface area contributed by atoms with E-state index < -0.39 is 10.4 Å². The van der Waals surface area contributed by atoms with E-state index in [1.54, 1.807) is 48.8 Å². The molecular weight excluding hydrogens is 370 g/mol. The molecular formula is C18H17N3O3S2. The Morgan fingerprint density at radius 1 is 1.15 bits per heavy atom. The summed E-state index contributed by atoms with van der Waals surface area (Å²) in [5.74, 6) is -0.189. The lowest BCUT2D eigenvalue weighted by Crippen LogP contribution is -2.28. The van der Waals surface area contributed by atoms with Gasteiger partial charge in [0.2, 0.25) is 0 Å². The number of pyridine rings is 1. The van der Waals surface area contributed by atoms with Crippen LogP contribution in [0.3, 0.4) is 0 Å². The predicted octanol–water partition coefficient (Wildman–Crippen LogP) is 3.53. The first-order valence-corrected chi connectivity index (χ1v) is 10.0. The second kappa shape index (κ2) is 7.46. The number of aromatic nitrogens is 1. The van der Waals surface area contributed by atoms with Crippen molar-refractivity contribution < 1.29 is 13.6 Å². The van der Waals surface area contributed by atoms with Gasteiger partial charge in [-0.1, -0.05) is 10.3 Å². The Balaban J connectivity index is 1.82. The highest BCUT2D eigenvalue weighted by Gasteiger charge is 2.23. The molecule has 1 N–H and O–H groups in total. The number of thiophene rings is 1. The van der Waals surface area contributed by atoms with Crippen molar-refractivity contribution in [1.29, 1.82) is 0 Å². The van der Waals surface area contributed by atoms with Gasteiger partial charge in [0.05, 0.1) is 16.8 Å². The van der Waals surface area contributed by atoms with Crippen molar-refractivity contribution in [2.45, 2.75) is 4.90 Å². The van der Waals surface area contributed by atoms with Gasteiger partial charge in [-0.15, -0.1) is 15.6 Å². The van der Waals surface area contributed by atoms with E-state index in [2.05, 4.69) is 10.3 Å². The van der Waals surface area contributed by atoms with Crippen LogP contribution in [0.25, 0.3) is 11.1 Å². The maximum absolute atomic E-state index is 12.1. The molecule has 1 atom stereocenters. The van der Waals surface area contributed by atoms with Gasteiger partial charge in [-0.05, 0) is 47.3 Å². The van der Waals surface area contributed by atoms with E-state index in [1.165, 1.54) is 29.7 Å². The zero-order chi connectivity index (χ0) is 18.7. The number of rotatable bonds is 5. The Labute approximate surface area is 156 Å². The van der Waals surface area contributed by atoms with E-state index >= 15 is 0 Å². The quantitative estimate of drug-likeness (QED) is 0.679. The number of hydrogen-bond acceptors (Lipinski definition) is 5. The zero-order valence-corrected chi connectivity index (χ0v) is 15.8. The number of hydrogen-bond donors (Lipinski definition) is 1. The molecule has 6 nitrogen and oxygen atoms in total. The molecule has 2 heterocycles. The summed E-state index contributed by atoms with van der Waals surface area (Å²) >= 11 is 1.36. The summed E-state index contributed by atoms with van der Waals surface area (Å²) in [6, 6.07) is 11.9. The average Bonchev–Trinajstić information content (AvgIpc) is 3.17. The van der Waals surface area contributed by atoms with Crippen LogP contribution >= 0.6 is 11.3 Å². The van der Waals surface area contributed by atoms with Gasteiger partial charge >= 0.3 is 0 Å². The minimum atomic E-state index is -3.46. The van der Waals surface area contributed by atoms with Crippen molar-refractivity contribution in [3.63, 3.8) is 0 Å². The molecule has 0 aliphatic rings. The van der Waals surface area contributed by atoms with Crippen LogP contribution in [0.2, 0.25) is 0 Å². The molecule has 134 valence electrons. The van der Waals surface area contributed by atoms with Crippen LogP contribution in [0.1, 0.15) is 9.67 Å². The third kappa shape index (κ3) is 3.88. The lowest BCUT2D eigenvalue weighted by molar-refractivity contribution is 0.103. The van der Waals surface area contributed by atoms with Crippen LogP contribution in [0.4, 0.5) is 5.69 Å². The minimum absolute atomic E-state index is 0.189. The van der Waals surface area contributed by atoms with Crippen molar-refractivity contribution >= 4 is 33.3 Å². The van der Waals surface area contributed by atoms with Crippen LogP contribution in [0.5, 0.6) is 0 Å². The number of anilines is 1. The monoisotopic (exact) mass is 387 g/mol. The molecule has 0 fully saturated rings. The molecule has 0 spiro atoms. The maximum atomic E-state index is 12.1. The number of carbonyl (C=O) groups excluding carboxylic acids is 1. The molecule has 0 saturated heterocycles. The van der Waals surface area contributed by atoms with Gasteiger partial charge in [0.15, 0.2) is 15.3 Å². The van der Waals surface area contributed by atoms with Crippen LogP contribution < -0.4 is 5.32 Å². The Bertz CT molecular complexity index is 954. The topological polar surface area (TPSA) is 85.4 Å². The summed E-state index contributed by atoms with van der Waals surface area (Å²) in [5, 5.41) is 4.65. The second-order valence-electron chi connectivity index (χ2n) is 5.71. The summed E-state index contributed by atoms with van der Waals surface area (Å²) < 4.78 is 25.4. The second-order valence-corrected chi connectivity index (χ2v) is 8.81. The average molecular weight is 387 g/mol. The molecule has 0 saturated carbocycles. The van der Waals surface area contributed by atoms with Crippen molar-refractivity contribution in [2.24, 2.45) is 0 Å². The normalized spacial score (nSPS) is 13.4. The third-order valence-electron chi connectivity index (χ3n) is 3.71. The van der Waals surface area contributed by atoms with Crippen molar-refractivity contribution in [3.05, 3.63) is 65.1 Å². The lowest BCUT2D eigenvalue weighted by Gasteiger charge is -2.19. The fraction of sp³-hybridized carbons (Fsp3) is 0.111. The first-order chi connectivity index (χ1) is 12.4. The Morgan fingerprint density at radius 2 is 1.88 bits per heavy atom. The molecule has 3 rings (SSSR count). The highest BCUT2D eigenvalue weighted by Crippen LogP contribution is 2.26. The number of sulfonamides is 1. The fourth-order valence-electron chi connectivity index (χ4n) is 2.30. The standard InChI is InChI=1S/C18H17N3O3S2/c1-21(2)26(23,24)16-7-5-13(6-8-16)14-10-15(12-19-11-14)20-18(22)17-4-3-9-25-17/h3-12H,1-2H3,(H-,20,22,23,24). The van der Waals surface area contributed by atoms with Gasteiger partial charge in [-0.25, -0.2) is 0 Å². The highest BCUT2D eigenvalue weighted by molar-refractivity contribution is 7.95. The van der Waals surface area contributed by atoms with Gasteiger partial charge in [0.1, 0.15) is 0 Å². The molecule has 1 aromatic carbocycles. The summed E-state index contributed by atoms with van der Waals surface area (Å²) in [4.78, 5) is 17.1. The molecule has 0 bridgehead atoms. The number of amides is 1. The van der Waals surface area contributed by atoms with Gasteiger partial charge < -0.3 is 9.87 Å². The van der Waals surface area contributed by atoms with Gasteiger partial charge in [-0.3, -0.25) is 9.78 Å². The van der Waals surface area contributed by atoms with E-state index in [0.717, 1.165) is 11.1 Å². The molecule has 26 heavy (non-hydrogen) atoms. The largest absolute Gasteiger partial charge is 0.593 e. The lowest BCUT2D eigenvalue weighted by atomic mass is 10.1. The van der Waals surface area contributed by atoms with Crippen molar-refractivity contribution in [1.82, 2.24) is 9.29 Å². The van der Waals surface area contributed by atoms with Crippen molar-refractivity contribution in [2.75, 3.05) is 19.4 Å². The van der Waals surface area contributed by atoms with E-state index in [4.69, 9.17) is 0 Å². The molecule has 0 radical (unpaired) electrons. The highest BCUT2D eigenvalue weighted by atomic mass is 32.3.